The molecule has 0 aliphatic carbocycles. The molecule has 3 rings (SSSR count). The van der Waals surface area contributed by atoms with Gasteiger partial charge >= 0.3 is 0 Å². The maximum Gasteiger partial charge on any atom is 0.261 e. The molecule has 0 aliphatic heterocycles. The van der Waals surface area contributed by atoms with Gasteiger partial charge in [-0.1, -0.05) is 30.3 Å². The second kappa shape index (κ2) is 9.93. The molecule has 0 bridgehead atoms. The van der Waals surface area contributed by atoms with Gasteiger partial charge in [-0.25, -0.2) is 12.8 Å². The Morgan fingerprint density at radius 2 is 1.66 bits per heavy atom. The number of halogens is 2. The molecule has 3 aromatic carbocycles. The summed E-state index contributed by atoms with van der Waals surface area (Å²) in [6, 6.07) is 17.3. The van der Waals surface area contributed by atoms with Crippen molar-refractivity contribution in [2.24, 2.45) is 0 Å². The van der Waals surface area contributed by atoms with Crippen molar-refractivity contribution >= 4 is 37.2 Å². The zero-order valence-corrected chi connectivity index (χ0v) is 18.6. The summed E-state index contributed by atoms with van der Waals surface area (Å²) in [5.41, 5.74) is 1.91. The third-order valence-electron chi connectivity index (χ3n) is 4.75. The number of carbonyl (C=O) groups excluding carboxylic acids is 2. The predicted octanol–water partition coefficient (Wildman–Crippen LogP) is 4.04. The number of hydrogen-bond donors (Lipinski definition) is 2. The highest BCUT2D eigenvalue weighted by atomic mass is 35.7. The van der Waals surface area contributed by atoms with E-state index < -0.39 is 32.7 Å². The number of rotatable bonds is 7. The Morgan fingerprint density at radius 3 is 2.25 bits per heavy atom. The molecule has 0 saturated carbocycles. The van der Waals surface area contributed by atoms with Crippen LogP contribution in [0.15, 0.2) is 77.7 Å². The van der Waals surface area contributed by atoms with Crippen LogP contribution in [0.4, 0.5) is 10.1 Å². The van der Waals surface area contributed by atoms with Crippen LogP contribution in [0.1, 0.15) is 21.5 Å². The molecule has 0 aliphatic rings. The maximum absolute atomic E-state index is 13.2. The van der Waals surface area contributed by atoms with Gasteiger partial charge in [-0.15, -0.1) is 0 Å². The van der Waals surface area contributed by atoms with Crippen LogP contribution in [0.3, 0.4) is 0 Å². The first-order chi connectivity index (χ1) is 15.1. The molecule has 0 fully saturated rings. The molecular weight excluding hydrogens is 455 g/mol. The van der Waals surface area contributed by atoms with Gasteiger partial charge in [0.25, 0.3) is 15.0 Å². The first-order valence-electron chi connectivity index (χ1n) is 9.60. The first-order valence-corrected chi connectivity index (χ1v) is 11.9. The molecule has 0 heterocycles. The van der Waals surface area contributed by atoms with E-state index in [9.17, 15) is 22.4 Å². The molecule has 32 heavy (non-hydrogen) atoms. The molecular formula is C23H20ClFN2O4S. The molecule has 0 spiro atoms. The number of anilines is 1. The zero-order chi connectivity index (χ0) is 23.3. The number of nitrogens with one attached hydrogen (secondary N) is 2. The Balaban J connectivity index is 1.83. The van der Waals surface area contributed by atoms with Crippen molar-refractivity contribution in [2.75, 3.05) is 5.32 Å². The summed E-state index contributed by atoms with van der Waals surface area (Å²) >= 11 is 0. The summed E-state index contributed by atoms with van der Waals surface area (Å²) in [7, 11) is 1.47. The van der Waals surface area contributed by atoms with Crippen LogP contribution in [0.5, 0.6) is 0 Å². The van der Waals surface area contributed by atoms with Gasteiger partial charge in [0, 0.05) is 28.4 Å². The Hall–Kier alpha value is -3.23. The fraction of sp³-hybridized carbons (Fsp3) is 0.130. The van der Waals surface area contributed by atoms with Crippen molar-refractivity contribution in [1.29, 1.82) is 0 Å². The topological polar surface area (TPSA) is 92.3 Å². The highest BCUT2D eigenvalue weighted by molar-refractivity contribution is 8.13. The van der Waals surface area contributed by atoms with Crippen molar-refractivity contribution in [2.45, 2.75) is 24.3 Å². The van der Waals surface area contributed by atoms with E-state index >= 15 is 0 Å². The standard InChI is InChI=1S/C23H20ClFN2O4S/c1-15-13-19(32(24,30)31)11-12-20(15)26-23(29)21(14-16-5-3-2-4-6-16)27-22(28)17-7-9-18(25)10-8-17/h2-13,21H,14H2,1H3,(H,26,29)(H,27,28)/t21-/m0/s1. The van der Waals surface area contributed by atoms with Crippen LogP contribution in [0.25, 0.3) is 0 Å². The number of amides is 2. The highest BCUT2D eigenvalue weighted by Crippen LogP contribution is 2.22. The van der Waals surface area contributed by atoms with Gasteiger partial charge < -0.3 is 10.6 Å². The molecule has 0 radical (unpaired) electrons. The van der Waals surface area contributed by atoms with E-state index in [1.165, 1.54) is 30.3 Å². The molecule has 3 aromatic rings. The van der Waals surface area contributed by atoms with E-state index in [1.54, 1.807) is 6.92 Å². The Bertz CT molecular complexity index is 1230. The second-order valence-corrected chi connectivity index (χ2v) is 9.69. The minimum Gasteiger partial charge on any atom is -0.340 e. The smallest absolute Gasteiger partial charge is 0.261 e. The minimum atomic E-state index is -3.90. The molecule has 6 nitrogen and oxygen atoms in total. The fourth-order valence-electron chi connectivity index (χ4n) is 3.05. The second-order valence-electron chi connectivity index (χ2n) is 7.13. The lowest BCUT2D eigenvalue weighted by atomic mass is 10.0. The first kappa shape index (κ1) is 23.4. The van der Waals surface area contributed by atoms with Crippen molar-refractivity contribution < 1.29 is 22.4 Å². The van der Waals surface area contributed by atoms with Crippen LogP contribution >= 0.6 is 10.7 Å². The highest BCUT2D eigenvalue weighted by Gasteiger charge is 2.23. The fourth-order valence-corrected chi connectivity index (χ4v) is 3.89. The average Bonchev–Trinajstić information content (AvgIpc) is 2.75. The van der Waals surface area contributed by atoms with E-state index in [0.717, 1.165) is 17.7 Å². The number of aryl methyl sites for hydroxylation is 1. The van der Waals surface area contributed by atoms with Gasteiger partial charge in [0.2, 0.25) is 5.91 Å². The van der Waals surface area contributed by atoms with E-state index in [-0.39, 0.29) is 16.9 Å². The zero-order valence-electron chi connectivity index (χ0n) is 17.0. The molecule has 0 aromatic heterocycles. The molecule has 0 saturated heterocycles. The Kier molecular flexibility index (Phi) is 7.27. The SMILES string of the molecule is Cc1cc(S(=O)(=O)Cl)ccc1NC(=O)[C@H](Cc1ccccc1)NC(=O)c1ccc(F)cc1. The largest absolute Gasteiger partial charge is 0.340 e. The summed E-state index contributed by atoms with van der Waals surface area (Å²) in [6.07, 6.45) is 0.215. The van der Waals surface area contributed by atoms with Crippen molar-refractivity contribution in [3.8, 4) is 0 Å². The van der Waals surface area contributed by atoms with Crippen molar-refractivity contribution in [3.05, 3.63) is 95.3 Å². The lowest BCUT2D eigenvalue weighted by molar-refractivity contribution is -0.118. The van der Waals surface area contributed by atoms with Gasteiger partial charge in [-0.3, -0.25) is 9.59 Å². The molecule has 2 amide bonds. The van der Waals surface area contributed by atoms with E-state index in [1.807, 2.05) is 30.3 Å². The quantitative estimate of drug-likeness (QED) is 0.505. The van der Waals surface area contributed by atoms with Gasteiger partial charge in [-0.2, -0.15) is 0 Å². The normalized spacial score (nSPS) is 12.1. The summed E-state index contributed by atoms with van der Waals surface area (Å²) in [4.78, 5) is 25.6. The molecule has 2 N–H and O–H groups in total. The van der Waals surface area contributed by atoms with Crippen LogP contribution < -0.4 is 10.6 Å². The van der Waals surface area contributed by atoms with Crippen LogP contribution in [-0.2, 0) is 20.3 Å². The van der Waals surface area contributed by atoms with Crippen LogP contribution in [-0.4, -0.2) is 26.3 Å². The maximum atomic E-state index is 13.2. The number of hydrogen-bond acceptors (Lipinski definition) is 4. The monoisotopic (exact) mass is 474 g/mol. The number of benzene rings is 3. The lowest BCUT2D eigenvalue weighted by Gasteiger charge is -2.20. The van der Waals surface area contributed by atoms with E-state index in [0.29, 0.717) is 11.3 Å². The number of carbonyl (C=O) groups is 2. The summed E-state index contributed by atoms with van der Waals surface area (Å²) < 4.78 is 36.2. The van der Waals surface area contributed by atoms with E-state index in [4.69, 9.17) is 10.7 Å². The van der Waals surface area contributed by atoms with Gasteiger partial charge in [0.1, 0.15) is 11.9 Å². The third kappa shape index (κ3) is 6.15. The third-order valence-corrected chi connectivity index (χ3v) is 6.10. The van der Waals surface area contributed by atoms with Crippen molar-refractivity contribution in [3.63, 3.8) is 0 Å². The van der Waals surface area contributed by atoms with Gasteiger partial charge in [-0.05, 0) is 60.5 Å². The lowest BCUT2D eigenvalue weighted by Crippen LogP contribution is -2.45. The summed E-state index contributed by atoms with van der Waals surface area (Å²) in [5.74, 6) is -1.49. The van der Waals surface area contributed by atoms with Gasteiger partial charge in [0.05, 0.1) is 4.90 Å². The van der Waals surface area contributed by atoms with Crippen LogP contribution in [0, 0.1) is 12.7 Å². The molecule has 166 valence electrons. The minimum absolute atomic E-state index is 0.0832. The summed E-state index contributed by atoms with van der Waals surface area (Å²) in [6.45, 7) is 1.63. The van der Waals surface area contributed by atoms with Crippen molar-refractivity contribution in [1.82, 2.24) is 5.32 Å². The Morgan fingerprint density at radius 1 is 1.00 bits per heavy atom. The van der Waals surface area contributed by atoms with E-state index in [2.05, 4.69) is 10.6 Å². The summed E-state index contributed by atoms with van der Waals surface area (Å²) in [5, 5.41) is 5.41. The molecule has 0 unspecified atom stereocenters. The predicted molar refractivity (Wildman–Crippen MR) is 121 cm³/mol. The van der Waals surface area contributed by atoms with Crippen LogP contribution in [0.2, 0.25) is 0 Å². The molecule has 9 heteroatoms. The van der Waals surface area contributed by atoms with Gasteiger partial charge in [0.15, 0.2) is 0 Å². The average molecular weight is 475 g/mol. The Labute approximate surface area is 189 Å². The molecule has 1 atom stereocenters.